The molecule has 2 saturated heterocycles. The molecule has 10 nitrogen and oxygen atoms in total. The quantitative estimate of drug-likeness (QED) is 0.516. The lowest BCUT2D eigenvalue weighted by Crippen LogP contribution is -2.54. The molecule has 3 aliphatic heterocycles. The van der Waals surface area contributed by atoms with Crippen molar-refractivity contribution in [1.29, 1.82) is 0 Å². The molecule has 1 aromatic carbocycles. The van der Waals surface area contributed by atoms with E-state index in [9.17, 15) is 27.6 Å². The monoisotopic (exact) mass is 434 g/mol. The first-order valence-corrected chi connectivity index (χ1v) is 11.5. The van der Waals surface area contributed by atoms with Gasteiger partial charge < -0.3 is 10.6 Å². The van der Waals surface area contributed by atoms with Gasteiger partial charge in [-0.1, -0.05) is 0 Å². The van der Waals surface area contributed by atoms with Gasteiger partial charge in [-0.2, -0.15) is 0 Å². The summed E-state index contributed by atoms with van der Waals surface area (Å²) in [5.41, 5.74) is 0.970. The van der Waals surface area contributed by atoms with E-state index >= 15 is 0 Å². The molecule has 0 aromatic heterocycles. The van der Waals surface area contributed by atoms with Crippen LogP contribution in [0.1, 0.15) is 40.0 Å². The van der Waals surface area contributed by atoms with Gasteiger partial charge in [-0.05, 0) is 31.0 Å². The predicted octanol–water partition coefficient (Wildman–Crippen LogP) is -0.724. The first kappa shape index (κ1) is 20.5. The van der Waals surface area contributed by atoms with Crippen LogP contribution in [0.25, 0.3) is 0 Å². The van der Waals surface area contributed by atoms with Crippen LogP contribution in [0.5, 0.6) is 0 Å². The maximum absolute atomic E-state index is 12.8. The van der Waals surface area contributed by atoms with Crippen LogP contribution < -0.4 is 16.0 Å². The number of fused-ring (bicyclic) bond motifs is 1. The van der Waals surface area contributed by atoms with Crippen molar-refractivity contribution >= 4 is 39.2 Å². The van der Waals surface area contributed by atoms with E-state index in [-0.39, 0.29) is 29.7 Å². The highest BCUT2D eigenvalue weighted by atomic mass is 32.2. The summed E-state index contributed by atoms with van der Waals surface area (Å²) < 4.78 is 24.2. The number of rotatable bonds is 5. The molecule has 0 bridgehead atoms. The summed E-state index contributed by atoms with van der Waals surface area (Å²) in [5, 5.41) is 7.89. The van der Waals surface area contributed by atoms with Gasteiger partial charge in [-0.3, -0.25) is 29.4 Å². The molecule has 160 valence electrons. The van der Waals surface area contributed by atoms with Crippen LogP contribution in [-0.4, -0.2) is 73.6 Å². The second-order valence-electron chi connectivity index (χ2n) is 7.62. The minimum Gasteiger partial charge on any atom is -0.385 e. The number of sulfone groups is 1. The van der Waals surface area contributed by atoms with Gasteiger partial charge in [0.1, 0.15) is 6.04 Å². The Morgan fingerprint density at radius 2 is 1.87 bits per heavy atom. The number of hydrogen-bond donors (Lipinski definition) is 3. The van der Waals surface area contributed by atoms with Gasteiger partial charge in [0.15, 0.2) is 9.84 Å². The Hall–Kier alpha value is -2.79. The summed E-state index contributed by atoms with van der Waals surface area (Å²) in [4.78, 5) is 49.9. The van der Waals surface area contributed by atoms with Gasteiger partial charge in [0.05, 0.1) is 22.1 Å². The number of nitrogens with zero attached hydrogens (tertiary/aromatic N) is 1. The average Bonchev–Trinajstić information content (AvgIpc) is 2.94. The molecule has 4 rings (SSSR count). The molecule has 0 spiro atoms. The lowest BCUT2D eigenvalue weighted by molar-refractivity contribution is -0.136. The van der Waals surface area contributed by atoms with Crippen LogP contribution in [0.3, 0.4) is 0 Å². The highest BCUT2D eigenvalue weighted by Crippen LogP contribution is 2.29. The van der Waals surface area contributed by atoms with Gasteiger partial charge in [-0.15, -0.1) is 0 Å². The van der Waals surface area contributed by atoms with Crippen molar-refractivity contribution in [1.82, 2.24) is 15.5 Å². The summed E-state index contributed by atoms with van der Waals surface area (Å²) in [7, 11) is -3.10. The summed E-state index contributed by atoms with van der Waals surface area (Å²) in [6.07, 6.45) is 0.586. The number of amides is 4. The Labute approximate surface area is 173 Å². The minimum atomic E-state index is -3.10. The number of benzene rings is 1. The molecule has 3 aliphatic rings. The molecular weight excluding hydrogens is 412 g/mol. The Kier molecular flexibility index (Phi) is 5.33. The Balaban J connectivity index is 1.44. The second kappa shape index (κ2) is 7.80. The fourth-order valence-electron chi connectivity index (χ4n) is 4.01. The highest BCUT2D eigenvalue weighted by Gasteiger charge is 2.44. The highest BCUT2D eigenvalue weighted by molar-refractivity contribution is 7.92. The van der Waals surface area contributed by atoms with Crippen LogP contribution in [0, 0.1) is 0 Å². The van der Waals surface area contributed by atoms with Gasteiger partial charge in [-0.25, -0.2) is 8.42 Å². The molecule has 1 aromatic rings. The Morgan fingerprint density at radius 3 is 2.60 bits per heavy atom. The van der Waals surface area contributed by atoms with Gasteiger partial charge in [0.2, 0.25) is 11.8 Å². The van der Waals surface area contributed by atoms with Crippen molar-refractivity contribution in [3.05, 3.63) is 29.3 Å². The van der Waals surface area contributed by atoms with E-state index in [2.05, 4.69) is 16.0 Å². The van der Waals surface area contributed by atoms with E-state index in [4.69, 9.17) is 0 Å². The van der Waals surface area contributed by atoms with Crippen molar-refractivity contribution in [3.63, 3.8) is 0 Å². The maximum atomic E-state index is 12.8. The smallest absolute Gasteiger partial charge is 0.262 e. The van der Waals surface area contributed by atoms with Crippen molar-refractivity contribution < 1.29 is 27.6 Å². The molecule has 2 atom stereocenters. The first-order chi connectivity index (χ1) is 14.3. The number of imide groups is 2. The fourth-order valence-corrected chi connectivity index (χ4v) is 5.62. The molecule has 0 radical (unpaired) electrons. The lowest BCUT2D eigenvalue weighted by Gasteiger charge is -2.27. The maximum Gasteiger partial charge on any atom is 0.262 e. The summed E-state index contributed by atoms with van der Waals surface area (Å²) in [6.45, 7) is 1.28. The average molecular weight is 434 g/mol. The second-order valence-corrected chi connectivity index (χ2v) is 10.0. The number of hydrogen-bond acceptors (Lipinski definition) is 8. The van der Waals surface area contributed by atoms with Crippen molar-refractivity contribution in [2.45, 2.75) is 30.6 Å². The minimum absolute atomic E-state index is 0.0650. The summed E-state index contributed by atoms with van der Waals surface area (Å²) >= 11 is 0. The van der Waals surface area contributed by atoms with Gasteiger partial charge in [0, 0.05) is 31.7 Å². The van der Waals surface area contributed by atoms with Crippen molar-refractivity contribution in [2.24, 2.45) is 0 Å². The third-order valence-electron chi connectivity index (χ3n) is 5.68. The number of carbonyl (C=O) groups excluding carboxylic acids is 4. The largest absolute Gasteiger partial charge is 0.385 e. The molecule has 11 heteroatoms. The van der Waals surface area contributed by atoms with E-state index in [0.717, 1.165) is 4.90 Å². The molecule has 30 heavy (non-hydrogen) atoms. The number of piperidine rings is 1. The summed E-state index contributed by atoms with van der Waals surface area (Å²) in [5.74, 6) is -2.08. The predicted molar refractivity (Wildman–Crippen MR) is 107 cm³/mol. The number of carbonyl (C=O) groups is 4. The van der Waals surface area contributed by atoms with Crippen molar-refractivity contribution in [3.8, 4) is 0 Å². The number of nitrogens with one attached hydrogen (secondary N) is 3. The standard InChI is InChI=1S/C19H22N4O6S/c24-16-4-3-15(17(25)22-16)23-18(26)13-2-1-11(9-14(13)19(23)27)21-6-5-12-10-20-7-8-30(12,28)29/h1-2,9,12,15,20-21H,3-8,10H2,(H,22,24,25). The van der Waals surface area contributed by atoms with E-state index in [1.165, 1.54) is 12.1 Å². The normalized spacial score (nSPS) is 25.8. The van der Waals surface area contributed by atoms with Crippen molar-refractivity contribution in [2.75, 3.05) is 30.7 Å². The Morgan fingerprint density at radius 1 is 1.10 bits per heavy atom. The van der Waals surface area contributed by atoms with Gasteiger partial charge in [0.25, 0.3) is 11.8 Å². The molecule has 0 saturated carbocycles. The van der Waals surface area contributed by atoms with Crippen LogP contribution in [0.4, 0.5) is 5.69 Å². The molecule has 3 heterocycles. The van der Waals surface area contributed by atoms with E-state index < -0.39 is 44.8 Å². The zero-order valence-corrected chi connectivity index (χ0v) is 17.0. The third-order valence-corrected chi connectivity index (χ3v) is 7.87. The molecule has 2 unspecified atom stereocenters. The number of anilines is 1. The van der Waals surface area contributed by atoms with Crippen LogP contribution in [0.2, 0.25) is 0 Å². The van der Waals surface area contributed by atoms with Crippen LogP contribution in [0.15, 0.2) is 18.2 Å². The van der Waals surface area contributed by atoms with Crippen LogP contribution in [-0.2, 0) is 19.4 Å². The fraction of sp³-hybridized carbons (Fsp3) is 0.474. The molecule has 4 amide bonds. The third kappa shape index (κ3) is 3.70. The van der Waals surface area contributed by atoms with E-state index in [1.807, 2.05) is 0 Å². The van der Waals surface area contributed by atoms with Crippen LogP contribution >= 0.6 is 0 Å². The van der Waals surface area contributed by atoms with E-state index in [1.54, 1.807) is 6.07 Å². The topological polar surface area (TPSA) is 142 Å². The lowest BCUT2D eigenvalue weighted by atomic mass is 10.0. The summed E-state index contributed by atoms with van der Waals surface area (Å²) in [6, 6.07) is 3.69. The molecule has 0 aliphatic carbocycles. The zero-order valence-electron chi connectivity index (χ0n) is 16.1. The zero-order chi connectivity index (χ0) is 21.5. The molecule has 3 N–H and O–H groups in total. The SMILES string of the molecule is O=C1CCC(N2C(=O)c3ccc(NCCC4CNCCS4(=O)=O)cc3C2=O)C(=O)N1. The Bertz CT molecular complexity index is 1040. The first-order valence-electron chi connectivity index (χ1n) is 9.80. The van der Waals surface area contributed by atoms with E-state index in [0.29, 0.717) is 31.7 Å². The molecular formula is C19H22N4O6S. The van der Waals surface area contributed by atoms with Gasteiger partial charge >= 0.3 is 0 Å². The molecule has 2 fully saturated rings.